The van der Waals surface area contributed by atoms with Gasteiger partial charge < -0.3 is 5.73 Å². The molecule has 3 heteroatoms. The number of nitrogens with two attached hydrogens (primary N) is 1. The number of hydrogen-bond donors (Lipinski definition) is 2. The Morgan fingerprint density at radius 3 is 2.52 bits per heavy atom. The predicted octanol–water partition coefficient (Wildman–Crippen LogP) is 5.36. The molecule has 1 aliphatic rings. The lowest BCUT2D eigenvalue weighted by molar-refractivity contribution is 0.788. The van der Waals surface area contributed by atoms with Crippen LogP contribution in [0.25, 0.3) is 0 Å². The molecule has 0 radical (unpaired) electrons. The molecule has 0 saturated carbocycles. The second-order valence-electron chi connectivity index (χ2n) is 7.13. The van der Waals surface area contributed by atoms with Crippen LogP contribution in [0.4, 0.5) is 11.4 Å². The zero-order chi connectivity index (χ0) is 18.8. The first-order valence-electron chi connectivity index (χ1n) is 9.58. The number of nitrogens with zero attached hydrogens (tertiary/aromatic N) is 1. The van der Waals surface area contributed by atoms with Crippen molar-refractivity contribution in [2.75, 3.05) is 4.90 Å². The van der Waals surface area contributed by atoms with Crippen molar-refractivity contribution in [2.45, 2.75) is 32.1 Å². The van der Waals surface area contributed by atoms with Crippen molar-refractivity contribution in [1.82, 2.24) is 0 Å². The van der Waals surface area contributed by atoms with E-state index in [1.54, 1.807) is 4.90 Å². The molecule has 0 amide bonds. The summed E-state index contributed by atoms with van der Waals surface area (Å²) < 4.78 is 0. The molecule has 3 N–H and O–H groups in total. The Morgan fingerprint density at radius 2 is 1.78 bits per heavy atom. The molecule has 27 heavy (non-hydrogen) atoms. The van der Waals surface area contributed by atoms with Crippen LogP contribution in [-0.2, 0) is 12.8 Å². The van der Waals surface area contributed by atoms with Gasteiger partial charge in [-0.05, 0) is 65.8 Å². The normalized spacial score (nSPS) is 15.4. The molecule has 1 atom stereocenters. The fourth-order valence-electron chi connectivity index (χ4n) is 4.10. The van der Waals surface area contributed by atoms with Gasteiger partial charge in [0.1, 0.15) is 0 Å². The van der Waals surface area contributed by atoms with Crippen LogP contribution in [0.1, 0.15) is 41.5 Å². The van der Waals surface area contributed by atoms with E-state index in [2.05, 4.69) is 67.6 Å². The van der Waals surface area contributed by atoms with Crippen molar-refractivity contribution in [2.24, 2.45) is 5.73 Å². The van der Waals surface area contributed by atoms with Gasteiger partial charge in [-0.2, -0.15) is 0 Å². The van der Waals surface area contributed by atoms with Gasteiger partial charge >= 0.3 is 0 Å². The highest BCUT2D eigenvalue weighted by Gasteiger charge is 2.23. The summed E-state index contributed by atoms with van der Waals surface area (Å²) in [6.45, 7) is 2.13. The van der Waals surface area contributed by atoms with Crippen molar-refractivity contribution in [1.29, 1.82) is 5.41 Å². The second kappa shape index (κ2) is 7.28. The number of guanidine groups is 1. The Kier molecular flexibility index (Phi) is 4.68. The third kappa shape index (κ3) is 3.33. The molecule has 0 spiro atoms. The first-order chi connectivity index (χ1) is 13.2. The topological polar surface area (TPSA) is 53.1 Å². The van der Waals surface area contributed by atoms with Gasteiger partial charge in [-0.1, -0.05) is 55.5 Å². The van der Waals surface area contributed by atoms with E-state index >= 15 is 0 Å². The average molecular weight is 355 g/mol. The van der Waals surface area contributed by atoms with Gasteiger partial charge in [-0.15, -0.1) is 0 Å². The van der Waals surface area contributed by atoms with Crippen molar-refractivity contribution >= 4 is 17.3 Å². The molecule has 3 nitrogen and oxygen atoms in total. The highest BCUT2D eigenvalue weighted by Crippen LogP contribution is 2.38. The molecular weight excluding hydrogens is 330 g/mol. The van der Waals surface area contributed by atoms with E-state index in [9.17, 15) is 0 Å². The third-order valence-electron chi connectivity index (χ3n) is 5.50. The van der Waals surface area contributed by atoms with Crippen molar-refractivity contribution < 1.29 is 0 Å². The van der Waals surface area contributed by atoms with Gasteiger partial charge in [-0.3, -0.25) is 10.3 Å². The molecule has 0 aromatic heterocycles. The van der Waals surface area contributed by atoms with E-state index in [-0.39, 0.29) is 5.96 Å². The van der Waals surface area contributed by atoms with Crippen LogP contribution < -0.4 is 10.6 Å². The zero-order valence-electron chi connectivity index (χ0n) is 15.7. The maximum absolute atomic E-state index is 8.07. The lowest BCUT2D eigenvalue weighted by atomic mass is 9.93. The molecule has 3 aromatic carbocycles. The summed E-state index contributed by atoms with van der Waals surface area (Å²) in [6, 6.07) is 25.5. The van der Waals surface area contributed by atoms with E-state index in [1.165, 1.54) is 22.3 Å². The molecule has 0 fully saturated rings. The van der Waals surface area contributed by atoms with Crippen molar-refractivity contribution in [3.05, 3.63) is 95.1 Å². The molecule has 0 aliphatic heterocycles. The maximum Gasteiger partial charge on any atom is 0.197 e. The fourth-order valence-corrected chi connectivity index (χ4v) is 4.10. The molecule has 0 bridgehead atoms. The Morgan fingerprint density at radius 1 is 1.00 bits per heavy atom. The largest absolute Gasteiger partial charge is 0.369 e. The Hall–Kier alpha value is -3.07. The number of nitrogens with one attached hydrogen (secondary N) is 1. The predicted molar refractivity (Wildman–Crippen MR) is 113 cm³/mol. The molecule has 0 heterocycles. The van der Waals surface area contributed by atoms with Gasteiger partial charge in [0, 0.05) is 17.3 Å². The zero-order valence-corrected chi connectivity index (χ0v) is 15.7. The van der Waals surface area contributed by atoms with Crippen molar-refractivity contribution in [3.63, 3.8) is 0 Å². The summed E-state index contributed by atoms with van der Waals surface area (Å²) in [4.78, 5) is 1.80. The van der Waals surface area contributed by atoms with E-state index in [0.29, 0.717) is 5.92 Å². The maximum atomic E-state index is 8.07. The van der Waals surface area contributed by atoms with Crippen LogP contribution in [0, 0.1) is 5.41 Å². The molecule has 136 valence electrons. The van der Waals surface area contributed by atoms with Crippen molar-refractivity contribution in [3.8, 4) is 0 Å². The van der Waals surface area contributed by atoms with E-state index in [0.717, 1.165) is 30.6 Å². The van der Waals surface area contributed by atoms with Crippen LogP contribution in [0.15, 0.2) is 72.8 Å². The molecular formula is C24H25N3. The summed E-state index contributed by atoms with van der Waals surface area (Å²) in [5.41, 5.74) is 13.3. The Bertz CT molecular complexity index is 959. The third-order valence-corrected chi connectivity index (χ3v) is 5.50. The SMILES string of the molecule is CCc1cccc(N(C(=N)N)c2ccc(C3CCc4ccccc43)cc2)c1. The standard InChI is InChI=1S/C24H25N3/c1-2-17-6-5-8-21(16-17)27(24(25)26)20-13-10-19(11-14-20)23-15-12-18-7-3-4-9-22(18)23/h3-11,13-14,16,23H,2,12,15H2,1H3,(H3,25,26). The summed E-state index contributed by atoms with van der Waals surface area (Å²) in [7, 11) is 0. The lowest BCUT2D eigenvalue weighted by Gasteiger charge is -2.24. The van der Waals surface area contributed by atoms with Crippen LogP contribution in [0.5, 0.6) is 0 Å². The monoisotopic (exact) mass is 355 g/mol. The number of rotatable bonds is 4. The minimum absolute atomic E-state index is 0.0298. The Labute approximate surface area is 161 Å². The summed E-state index contributed by atoms with van der Waals surface area (Å²) >= 11 is 0. The highest BCUT2D eigenvalue weighted by molar-refractivity contribution is 5.99. The van der Waals surface area contributed by atoms with Gasteiger partial charge in [0.25, 0.3) is 0 Å². The quantitative estimate of drug-likeness (QED) is 0.489. The average Bonchev–Trinajstić information content (AvgIpc) is 3.13. The van der Waals surface area contributed by atoms with Gasteiger partial charge in [0.2, 0.25) is 0 Å². The second-order valence-corrected chi connectivity index (χ2v) is 7.13. The number of benzene rings is 3. The number of fused-ring (bicyclic) bond motifs is 1. The Balaban J connectivity index is 1.65. The molecule has 1 unspecified atom stereocenters. The van der Waals surface area contributed by atoms with E-state index in [1.807, 2.05) is 12.1 Å². The number of aryl methyl sites for hydroxylation is 2. The summed E-state index contributed by atoms with van der Waals surface area (Å²) in [6.07, 6.45) is 3.26. The fraction of sp³-hybridized carbons (Fsp3) is 0.208. The number of anilines is 2. The van der Waals surface area contributed by atoms with Crippen LogP contribution in [0.3, 0.4) is 0 Å². The van der Waals surface area contributed by atoms with Gasteiger partial charge in [0.15, 0.2) is 5.96 Å². The summed E-state index contributed by atoms with van der Waals surface area (Å²) in [5, 5.41) is 8.07. The smallest absolute Gasteiger partial charge is 0.197 e. The van der Waals surface area contributed by atoms with Crippen LogP contribution >= 0.6 is 0 Å². The minimum Gasteiger partial charge on any atom is -0.369 e. The van der Waals surface area contributed by atoms with Gasteiger partial charge in [0.05, 0.1) is 0 Å². The van der Waals surface area contributed by atoms with E-state index in [4.69, 9.17) is 11.1 Å². The van der Waals surface area contributed by atoms with Crippen LogP contribution in [0.2, 0.25) is 0 Å². The minimum atomic E-state index is 0.0298. The van der Waals surface area contributed by atoms with Gasteiger partial charge in [-0.25, -0.2) is 0 Å². The molecule has 0 saturated heterocycles. The highest BCUT2D eigenvalue weighted by atomic mass is 15.2. The van der Waals surface area contributed by atoms with Crippen LogP contribution in [-0.4, -0.2) is 5.96 Å². The first kappa shape index (κ1) is 17.3. The molecule has 4 rings (SSSR count). The van der Waals surface area contributed by atoms with E-state index < -0.39 is 0 Å². The lowest BCUT2D eigenvalue weighted by Crippen LogP contribution is -2.32. The first-order valence-corrected chi connectivity index (χ1v) is 9.58. The number of hydrogen-bond acceptors (Lipinski definition) is 1. The molecule has 1 aliphatic carbocycles. The summed E-state index contributed by atoms with van der Waals surface area (Å²) in [5.74, 6) is 0.492. The molecule has 3 aromatic rings.